The van der Waals surface area contributed by atoms with Crippen LogP contribution in [0, 0.1) is 5.92 Å². The van der Waals surface area contributed by atoms with Crippen LogP contribution in [0.5, 0.6) is 0 Å². The van der Waals surface area contributed by atoms with Crippen LogP contribution in [0.4, 0.5) is 13.2 Å². The molecular formula is C14H26F3NO. The van der Waals surface area contributed by atoms with Crippen molar-refractivity contribution in [3.05, 3.63) is 0 Å². The Hall–Kier alpha value is -0.290. The lowest BCUT2D eigenvalue weighted by atomic mass is 9.92. The van der Waals surface area contributed by atoms with Gasteiger partial charge in [0.1, 0.15) is 6.61 Å². The predicted octanol–water partition coefficient (Wildman–Crippen LogP) is 3.90. The van der Waals surface area contributed by atoms with E-state index >= 15 is 0 Å². The maximum absolute atomic E-state index is 12.1. The Kier molecular flexibility index (Phi) is 7.15. The molecule has 0 saturated heterocycles. The Morgan fingerprint density at radius 2 is 1.89 bits per heavy atom. The highest BCUT2D eigenvalue weighted by molar-refractivity contribution is 4.79. The van der Waals surface area contributed by atoms with Gasteiger partial charge in [0, 0.05) is 6.04 Å². The van der Waals surface area contributed by atoms with Gasteiger partial charge in [0.15, 0.2) is 0 Å². The van der Waals surface area contributed by atoms with Gasteiger partial charge in [-0.1, -0.05) is 26.7 Å². The normalized spacial score (nSPS) is 24.9. The Balaban J connectivity index is 2.26. The molecule has 0 bridgehead atoms. The van der Waals surface area contributed by atoms with Gasteiger partial charge in [0.25, 0.3) is 0 Å². The quantitative estimate of drug-likeness (QED) is 0.764. The molecule has 0 aromatic rings. The lowest BCUT2D eigenvalue weighted by Gasteiger charge is -2.31. The van der Waals surface area contributed by atoms with Gasteiger partial charge in [-0.25, -0.2) is 0 Å². The van der Waals surface area contributed by atoms with Crippen LogP contribution in [0.25, 0.3) is 0 Å². The molecule has 1 aliphatic rings. The van der Waals surface area contributed by atoms with Crippen molar-refractivity contribution < 1.29 is 17.9 Å². The van der Waals surface area contributed by atoms with Crippen LogP contribution in [-0.2, 0) is 4.74 Å². The van der Waals surface area contributed by atoms with Crippen LogP contribution in [0.1, 0.15) is 52.4 Å². The van der Waals surface area contributed by atoms with Crippen LogP contribution in [0.3, 0.4) is 0 Å². The molecule has 2 atom stereocenters. The van der Waals surface area contributed by atoms with Crippen molar-refractivity contribution in [1.82, 2.24) is 5.32 Å². The van der Waals surface area contributed by atoms with Crippen LogP contribution in [0.15, 0.2) is 0 Å². The minimum atomic E-state index is -4.21. The summed E-state index contributed by atoms with van der Waals surface area (Å²) in [6.45, 7) is 4.19. The maximum Gasteiger partial charge on any atom is 0.411 e. The van der Waals surface area contributed by atoms with E-state index in [1.54, 1.807) is 0 Å². The molecule has 2 nitrogen and oxygen atoms in total. The molecule has 19 heavy (non-hydrogen) atoms. The van der Waals surface area contributed by atoms with Gasteiger partial charge >= 0.3 is 6.18 Å². The minimum Gasteiger partial charge on any atom is -0.369 e. The van der Waals surface area contributed by atoms with Gasteiger partial charge in [-0.15, -0.1) is 0 Å². The number of halogens is 3. The average Bonchev–Trinajstić information content (AvgIpc) is 2.37. The zero-order valence-corrected chi connectivity index (χ0v) is 11.9. The van der Waals surface area contributed by atoms with Gasteiger partial charge in [-0.2, -0.15) is 13.2 Å². The Morgan fingerprint density at radius 1 is 1.21 bits per heavy atom. The van der Waals surface area contributed by atoms with Crippen molar-refractivity contribution in [2.75, 3.05) is 13.2 Å². The zero-order chi connectivity index (χ0) is 14.3. The van der Waals surface area contributed by atoms with Gasteiger partial charge in [-0.3, -0.25) is 0 Å². The average molecular weight is 281 g/mol. The van der Waals surface area contributed by atoms with E-state index in [4.69, 9.17) is 4.74 Å². The number of rotatable bonds is 7. The zero-order valence-electron chi connectivity index (χ0n) is 11.9. The second-order valence-corrected chi connectivity index (χ2v) is 5.50. The molecule has 0 radical (unpaired) electrons. The second kappa shape index (κ2) is 8.10. The molecular weight excluding hydrogens is 255 g/mol. The topological polar surface area (TPSA) is 21.3 Å². The standard InChI is InChI=1S/C14H26F3NO/c1-3-11(4-2)9-18-12-6-5-7-13(8-12)19-10-14(15,16)17/h11-13,18H,3-10H2,1-2H3. The number of hydrogen-bond donors (Lipinski definition) is 1. The van der Waals surface area contributed by atoms with Crippen molar-refractivity contribution >= 4 is 0 Å². The molecule has 1 N–H and O–H groups in total. The molecule has 2 unspecified atom stereocenters. The molecule has 1 saturated carbocycles. The third kappa shape index (κ3) is 7.16. The van der Waals surface area contributed by atoms with Gasteiger partial charge in [0.05, 0.1) is 6.10 Å². The van der Waals surface area contributed by atoms with Crippen LogP contribution >= 0.6 is 0 Å². The van der Waals surface area contributed by atoms with E-state index in [9.17, 15) is 13.2 Å². The van der Waals surface area contributed by atoms with Crippen molar-refractivity contribution in [2.24, 2.45) is 5.92 Å². The molecule has 0 heterocycles. The highest BCUT2D eigenvalue weighted by Crippen LogP contribution is 2.24. The van der Waals surface area contributed by atoms with Crippen molar-refractivity contribution in [2.45, 2.75) is 70.7 Å². The lowest BCUT2D eigenvalue weighted by Crippen LogP contribution is -2.40. The number of ether oxygens (including phenoxy) is 1. The smallest absolute Gasteiger partial charge is 0.369 e. The van der Waals surface area contributed by atoms with Gasteiger partial charge < -0.3 is 10.1 Å². The van der Waals surface area contributed by atoms with E-state index in [-0.39, 0.29) is 6.10 Å². The van der Waals surface area contributed by atoms with Crippen molar-refractivity contribution in [1.29, 1.82) is 0 Å². The summed E-state index contributed by atoms with van der Waals surface area (Å²) in [6, 6.07) is 0.313. The summed E-state index contributed by atoms with van der Waals surface area (Å²) in [4.78, 5) is 0. The summed E-state index contributed by atoms with van der Waals surface area (Å²) >= 11 is 0. The number of alkyl halides is 3. The maximum atomic E-state index is 12.1. The second-order valence-electron chi connectivity index (χ2n) is 5.50. The molecule has 0 spiro atoms. The summed E-state index contributed by atoms with van der Waals surface area (Å²) in [5.74, 6) is 0.663. The molecule has 1 fully saturated rings. The summed E-state index contributed by atoms with van der Waals surface area (Å²) in [5, 5.41) is 3.49. The minimum absolute atomic E-state index is 0.241. The first-order valence-corrected chi connectivity index (χ1v) is 7.36. The largest absolute Gasteiger partial charge is 0.411 e. The summed E-state index contributed by atoms with van der Waals surface area (Å²) in [6.07, 6.45) is 1.28. The molecule has 0 amide bonds. The fourth-order valence-electron chi connectivity index (χ4n) is 2.60. The van der Waals surface area contributed by atoms with Crippen LogP contribution in [-0.4, -0.2) is 31.5 Å². The first kappa shape index (κ1) is 16.8. The van der Waals surface area contributed by atoms with Gasteiger partial charge in [-0.05, 0) is 38.1 Å². The molecule has 5 heteroatoms. The Bertz CT molecular complexity index is 241. The third-order valence-corrected chi connectivity index (χ3v) is 3.96. The summed E-state index contributed by atoms with van der Waals surface area (Å²) in [7, 11) is 0. The first-order valence-electron chi connectivity index (χ1n) is 7.36. The lowest BCUT2D eigenvalue weighted by molar-refractivity contribution is -0.188. The van der Waals surface area contributed by atoms with Crippen LogP contribution < -0.4 is 5.32 Å². The number of hydrogen-bond acceptors (Lipinski definition) is 2. The molecule has 0 aromatic carbocycles. The summed E-state index contributed by atoms with van der Waals surface area (Å²) < 4.78 is 41.3. The van der Waals surface area contributed by atoms with E-state index in [0.717, 1.165) is 38.6 Å². The van der Waals surface area contributed by atoms with Gasteiger partial charge in [0.2, 0.25) is 0 Å². The molecule has 1 rings (SSSR count). The Morgan fingerprint density at radius 3 is 2.47 bits per heavy atom. The fraction of sp³-hybridized carbons (Fsp3) is 1.00. The highest BCUT2D eigenvalue weighted by atomic mass is 19.4. The monoisotopic (exact) mass is 281 g/mol. The van der Waals surface area contributed by atoms with E-state index in [1.165, 1.54) is 0 Å². The van der Waals surface area contributed by atoms with E-state index in [0.29, 0.717) is 18.4 Å². The highest BCUT2D eigenvalue weighted by Gasteiger charge is 2.31. The Labute approximate surface area is 114 Å². The predicted molar refractivity (Wildman–Crippen MR) is 70.1 cm³/mol. The molecule has 114 valence electrons. The van der Waals surface area contributed by atoms with Crippen LogP contribution in [0.2, 0.25) is 0 Å². The summed E-state index contributed by atoms with van der Waals surface area (Å²) in [5.41, 5.74) is 0. The van der Waals surface area contributed by atoms with E-state index < -0.39 is 12.8 Å². The fourth-order valence-corrected chi connectivity index (χ4v) is 2.60. The molecule has 0 aliphatic heterocycles. The molecule has 0 aromatic heterocycles. The van der Waals surface area contributed by atoms with E-state index in [1.807, 2.05) is 0 Å². The van der Waals surface area contributed by atoms with Crippen molar-refractivity contribution in [3.8, 4) is 0 Å². The molecule has 1 aliphatic carbocycles. The van der Waals surface area contributed by atoms with E-state index in [2.05, 4.69) is 19.2 Å². The first-order chi connectivity index (χ1) is 8.94. The van der Waals surface area contributed by atoms with Crippen molar-refractivity contribution in [3.63, 3.8) is 0 Å². The SMILES string of the molecule is CCC(CC)CNC1CCCC(OCC(F)(F)F)C1. The number of nitrogens with one attached hydrogen (secondary N) is 1. The third-order valence-electron chi connectivity index (χ3n) is 3.96.